The van der Waals surface area contributed by atoms with Crippen LogP contribution in [0.15, 0.2) is 0 Å². The molecule has 0 saturated carbocycles. The number of hydrogen-bond acceptors (Lipinski definition) is 4. The molecular formula is C15H32N2O4Si2. The SMILES string of the molecule is CN1C(=O)C(CCO[Si](C)(C)C)C(CO[Si](C)(C)C)N(C)C1=O. The van der Waals surface area contributed by atoms with Gasteiger partial charge >= 0.3 is 6.03 Å². The molecule has 1 rings (SSSR count). The Hall–Kier alpha value is -0.706. The maximum atomic E-state index is 12.6. The predicted molar refractivity (Wildman–Crippen MR) is 96.4 cm³/mol. The Labute approximate surface area is 142 Å². The Morgan fingerprint density at radius 2 is 1.48 bits per heavy atom. The van der Waals surface area contributed by atoms with Crippen LogP contribution in [0.25, 0.3) is 0 Å². The quantitative estimate of drug-likeness (QED) is 0.655. The lowest BCUT2D eigenvalue weighted by atomic mass is 9.92. The summed E-state index contributed by atoms with van der Waals surface area (Å²) in [6.45, 7) is 13.7. The molecule has 0 aromatic rings. The van der Waals surface area contributed by atoms with E-state index in [1.54, 1.807) is 19.0 Å². The zero-order valence-electron chi connectivity index (χ0n) is 15.8. The van der Waals surface area contributed by atoms with Crippen molar-refractivity contribution in [1.29, 1.82) is 0 Å². The van der Waals surface area contributed by atoms with Gasteiger partial charge in [0.1, 0.15) is 0 Å². The van der Waals surface area contributed by atoms with Crippen LogP contribution in [0.2, 0.25) is 39.3 Å². The molecular weight excluding hydrogens is 328 g/mol. The number of imide groups is 1. The first kappa shape index (κ1) is 20.3. The lowest BCUT2D eigenvalue weighted by Crippen LogP contribution is -2.61. The number of urea groups is 1. The molecule has 1 heterocycles. The molecule has 0 N–H and O–H groups in total. The van der Waals surface area contributed by atoms with Gasteiger partial charge in [-0.15, -0.1) is 0 Å². The zero-order chi connectivity index (χ0) is 18.0. The highest BCUT2D eigenvalue weighted by Crippen LogP contribution is 2.25. The molecule has 1 aliphatic rings. The molecule has 0 aromatic heterocycles. The summed E-state index contributed by atoms with van der Waals surface area (Å²) >= 11 is 0. The van der Waals surface area contributed by atoms with Crippen LogP contribution in [0.1, 0.15) is 6.42 Å². The van der Waals surface area contributed by atoms with E-state index >= 15 is 0 Å². The minimum Gasteiger partial charge on any atom is -0.418 e. The fraction of sp³-hybridized carbons (Fsp3) is 0.867. The van der Waals surface area contributed by atoms with E-state index in [2.05, 4.69) is 39.3 Å². The van der Waals surface area contributed by atoms with Gasteiger partial charge in [-0.2, -0.15) is 0 Å². The fourth-order valence-corrected chi connectivity index (χ4v) is 3.93. The van der Waals surface area contributed by atoms with Crippen LogP contribution in [0.4, 0.5) is 4.79 Å². The summed E-state index contributed by atoms with van der Waals surface area (Å²) in [5.41, 5.74) is 0. The number of likely N-dealkylation sites (N-methyl/N-ethyl adjacent to an activating group) is 1. The molecule has 2 atom stereocenters. The lowest BCUT2D eigenvalue weighted by Gasteiger charge is -2.42. The van der Waals surface area contributed by atoms with Gasteiger partial charge in [0.25, 0.3) is 0 Å². The van der Waals surface area contributed by atoms with Gasteiger partial charge < -0.3 is 13.8 Å². The van der Waals surface area contributed by atoms with Crippen LogP contribution in [0.5, 0.6) is 0 Å². The number of carbonyl (C=O) groups excluding carboxylic acids is 2. The van der Waals surface area contributed by atoms with Crippen LogP contribution in [-0.2, 0) is 13.6 Å². The maximum Gasteiger partial charge on any atom is 0.326 e. The van der Waals surface area contributed by atoms with Crippen LogP contribution >= 0.6 is 0 Å². The Bertz CT molecular complexity index is 446. The van der Waals surface area contributed by atoms with Gasteiger partial charge in [0.2, 0.25) is 5.91 Å². The van der Waals surface area contributed by atoms with Crippen molar-refractivity contribution in [3.8, 4) is 0 Å². The second-order valence-electron chi connectivity index (χ2n) is 8.14. The Balaban J connectivity index is 2.84. The summed E-state index contributed by atoms with van der Waals surface area (Å²) in [6, 6.07) is -0.482. The Kier molecular flexibility index (Phi) is 6.59. The van der Waals surface area contributed by atoms with E-state index in [1.165, 1.54) is 4.90 Å². The van der Waals surface area contributed by atoms with Crippen LogP contribution < -0.4 is 0 Å². The third-order valence-corrected chi connectivity index (χ3v) is 5.95. The van der Waals surface area contributed by atoms with Crippen LogP contribution in [0.3, 0.4) is 0 Å². The molecule has 0 aromatic carbocycles. The van der Waals surface area contributed by atoms with Gasteiger partial charge in [-0.05, 0) is 45.7 Å². The highest BCUT2D eigenvalue weighted by atomic mass is 28.4. The first-order valence-electron chi connectivity index (χ1n) is 8.16. The molecule has 1 aliphatic heterocycles. The van der Waals surface area contributed by atoms with Crippen LogP contribution in [0, 0.1) is 5.92 Å². The topological polar surface area (TPSA) is 59.1 Å². The molecule has 0 radical (unpaired) electrons. The number of carbonyl (C=O) groups is 2. The van der Waals surface area contributed by atoms with Gasteiger partial charge in [-0.25, -0.2) is 4.79 Å². The lowest BCUT2D eigenvalue weighted by molar-refractivity contribution is -0.138. The molecule has 0 bridgehead atoms. The van der Waals surface area contributed by atoms with E-state index in [0.29, 0.717) is 19.6 Å². The van der Waals surface area contributed by atoms with E-state index < -0.39 is 16.6 Å². The van der Waals surface area contributed by atoms with Crippen molar-refractivity contribution in [2.24, 2.45) is 5.92 Å². The molecule has 3 amide bonds. The van der Waals surface area contributed by atoms with E-state index in [0.717, 1.165) is 0 Å². The third kappa shape index (κ3) is 6.02. The van der Waals surface area contributed by atoms with Crippen LogP contribution in [-0.4, -0.2) is 71.7 Å². The minimum absolute atomic E-state index is 0.128. The zero-order valence-corrected chi connectivity index (χ0v) is 17.8. The largest absolute Gasteiger partial charge is 0.418 e. The van der Waals surface area contributed by atoms with Gasteiger partial charge in [-0.3, -0.25) is 9.69 Å². The van der Waals surface area contributed by atoms with Crippen molar-refractivity contribution in [2.45, 2.75) is 51.7 Å². The summed E-state index contributed by atoms with van der Waals surface area (Å²) in [4.78, 5) is 27.6. The first-order valence-corrected chi connectivity index (χ1v) is 15.0. The highest BCUT2D eigenvalue weighted by Gasteiger charge is 2.43. The summed E-state index contributed by atoms with van der Waals surface area (Å²) in [5, 5.41) is 0. The molecule has 0 spiro atoms. The maximum absolute atomic E-state index is 12.6. The summed E-state index contributed by atoms with van der Waals surface area (Å²) in [5.74, 6) is -0.396. The Morgan fingerprint density at radius 1 is 0.957 bits per heavy atom. The normalized spacial score (nSPS) is 23.7. The fourth-order valence-electron chi connectivity index (χ4n) is 2.53. The average Bonchev–Trinajstić information content (AvgIpc) is 2.39. The van der Waals surface area contributed by atoms with Gasteiger partial charge in [0.05, 0.1) is 18.6 Å². The van der Waals surface area contributed by atoms with E-state index in [-0.39, 0.29) is 23.9 Å². The minimum atomic E-state index is -1.71. The molecule has 2 unspecified atom stereocenters. The van der Waals surface area contributed by atoms with Crippen molar-refractivity contribution < 1.29 is 18.4 Å². The second kappa shape index (κ2) is 7.46. The summed E-state index contributed by atoms with van der Waals surface area (Å²) in [7, 11) is -0.0307. The summed E-state index contributed by atoms with van der Waals surface area (Å²) < 4.78 is 11.9. The van der Waals surface area contributed by atoms with Gasteiger partial charge in [-0.1, -0.05) is 0 Å². The van der Waals surface area contributed by atoms with Gasteiger partial charge in [0.15, 0.2) is 16.6 Å². The van der Waals surface area contributed by atoms with Crippen molar-refractivity contribution in [1.82, 2.24) is 9.80 Å². The number of hydrogen-bond donors (Lipinski definition) is 0. The molecule has 1 fully saturated rings. The Morgan fingerprint density at radius 3 is 1.96 bits per heavy atom. The standard InChI is InChI=1S/C15H32N2O4Si2/c1-16-13(11-21-23(6,7)8)12(9-10-20-22(3,4)5)14(18)17(2)15(16)19/h12-13H,9-11H2,1-8H3. The smallest absolute Gasteiger partial charge is 0.326 e. The molecule has 6 nitrogen and oxygen atoms in total. The summed E-state index contributed by atoms with van der Waals surface area (Å²) in [6.07, 6.45) is 0.616. The molecule has 1 saturated heterocycles. The molecule has 8 heteroatoms. The van der Waals surface area contributed by atoms with E-state index in [4.69, 9.17) is 8.85 Å². The number of amides is 3. The highest BCUT2D eigenvalue weighted by molar-refractivity contribution is 6.70. The van der Waals surface area contributed by atoms with Gasteiger partial charge in [0, 0.05) is 20.7 Å². The molecule has 23 heavy (non-hydrogen) atoms. The van der Waals surface area contributed by atoms with Crippen molar-refractivity contribution >= 4 is 28.6 Å². The third-order valence-electron chi connectivity index (χ3n) is 3.85. The molecule has 0 aliphatic carbocycles. The van der Waals surface area contributed by atoms with Crippen molar-refractivity contribution in [3.05, 3.63) is 0 Å². The van der Waals surface area contributed by atoms with Crippen molar-refractivity contribution in [3.63, 3.8) is 0 Å². The number of nitrogens with zero attached hydrogens (tertiary/aromatic N) is 2. The second-order valence-corrected chi connectivity index (χ2v) is 17.2. The van der Waals surface area contributed by atoms with Crippen molar-refractivity contribution in [2.75, 3.05) is 27.3 Å². The monoisotopic (exact) mass is 360 g/mol. The molecule has 134 valence electrons. The van der Waals surface area contributed by atoms with E-state index in [9.17, 15) is 9.59 Å². The number of rotatable bonds is 7. The predicted octanol–water partition coefficient (Wildman–Crippen LogP) is 2.59. The average molecular weight is 361 g/mol. The first-order chi connectivity index (χ1) is 10.3. The van der Waals surface area contributed by atoms with E-state index in [1.807, 2.05) is 0 Å².